The third-order valence-electron chi connectivity index (χ3n) is 2.18. The van der Waals surface area contributed by atoms with Crippen LogP contribution in [0, 0.1) is 6.92 Å². The molecule has 0 saturated heterocycles. The van der Waals surface area contributed by atoms with Gasteiger partial charge >= 0.3 is 5.97 Å². The van der Waals surface area contributed by atoms with Crippen molar-refractivity contribution in [2.45, 2.75) is 25.6 Å². The maximum atomic E-state index is 10.9. The lowest BCUT2D eigenvalue weighted by Gasteiger charge is -2.16. The third kappa shape index (κ3) is 3.02. The van der Waals surface area contributed by atoms with E-state index in [4.69, 9.17) is 0 Å². The van der Waals surface area contributed by atoms with Gasteiger partial charge in [0.1, 0.15) is 6.10 Å². The molecule has 1 aromatic rings. The van der Waals surface area contributed by atoms with E-state index >= 15 is 0 Å². The molecule has 2 unspecified atom stereocenters. The van der Waals surface area contributed by atoms with E-state index in [9.17, 15) is 15.0 Å². The SMILES string of the molecule is COC(=O)CC(O)C(O)c1cscc1C. The molecule has 1 heterocycles. The van der Waals surface area contributed by atoms with Crippen molar-refractivity contribution in [3.8, 4) is 0 Å². The highest BCUT2D eigenvalue weighted by atomic mass is 32.1. The largest absolute Gasteiger partial charge is 0.469 e. The molecule has 0 aromatic carbocycles. The van der Waals surface area contributed by atoms with Crippen LogP contribution in [0.15, 0.2) is 10.8 Å². The molecule has 0 saturated carbocycles. The number of esters is 1. The fourth-order valence-electron chi connectivity index (χ4n) is 1.25. The van der Waals surface area contributed by atoms with Crippen molar-refractivity contribution >= 4 is 17.3 Å². The van der Waals surface area contributed by atoms with E-state index < -0.39 is 18.2 Å². The van der Waals surface area contributed by atoms with Crippen LogP contribution in [-0.2, 0) is 9.53 Å². The summed E-state index contributed by atoms with van der Waals surface area (Å²) in [5.41, 5.74) is 1.58. The summed E-state index contributed by atoms with van der Waals surface area (Å²) in [4.78, 5) is 10.9. The fraction of sp³-hybridized carbons (Fsp3) is 0.500. The topological polar surface area (TPSA) is 66.8 Å². The van der Waals surface area contributed by atoms with Gasteiger partial charge < -0.3 is 14.9 Å². The van der Waals surface area contributed by atoms with Gasteiger partial charge in [0.15, 0.2) is 0 Å². The minimum absolute atomic E-state index is 0.201. The molecule has 5 heteroatoms. The minimum atomic E-state index is -1.12. The van der Waals surface area contributed by atoms with Crippen LogP contribution >= 0.6 is 11.3 Å². The van der Waals surface area contributed by atoms with Crippen molar-refractivity contribution in [1.82, 2.24) is 0 Å². The Morgan fingerprint density at radius 2 is 2.20 bits per heavy atom. The van der Waals surface area contributed by atoms with Gasteiger partial charge in [-0.05, 0) is 28.8 Å². The molecule has 0 spiro atoms. The molecule has 0 aliphatic heterocycles. The Morgan fingerprint density at radius 1 is 1.53 bits per heavy atom. The van der Waals surface area contributed by atoms with Crippen LogP contribution in [0.3, 0.4) is 0 Å². The minimum Gasteiger partial charge on any atom is -0.469 e. The molecule has 4 nitrogen and oxygen atoms in total. The van der Waals surface area contributed by atoms with Crippen LogP contribution in [-0.4, -0.2) is 29.4 Å². The average Bonchev–Trinajstić information content (AvgIpc) is 2.63. The fourth-order valence-corrected chi connectivity index (χ4v) is 2.13. The first-order valence-corrected chi connectivity index (χ1v) is 5.46. The van der Waals surface area contributed by atoms with Crippen molar-refractivity contribution in [2.75, 3.05) is 7.11 Å². The highest BCUT2D eigenvalue weighted by Crippen LogP contribution is 2.25. The molecule has 1 aromatic heterocycles. The van der Waals surface area contributed by atoms with E-state index in [0.717, 1.165) is 5.56 Å². The second-order valence-electron chi connectivity index (χ2n) is 3.30. The number of aliphatic hydroxyl groups excluding tert-OH is 2. The molecule has 15 heavy (non-hydrogen) atoms. The number of aryl methyl sites for hydroxylation is 1. The smallest absolute Gasteiger partial charge is 0.308 e. The summed E-state index contributed by atoms with van der Waals surface area (Å²) in [7, 11) is 1.25. The Labute approximate surface area is 92.1 Å². The van der Waals surface area contributed by atoms with Gasteiger partial charge in [-0.1, -0.05) is 0 Å². The second-order valence-corrected chi connectivity index (χ2v) is 4.05. The standard InChI is InChI=1S/C10H14O4S/c1-6-4-15-5-7(6)10(13)8(11)3-9(12)14-2/h4-5,8,10-11,13H,3H2,1-2H3. The predicted octanol–water partition coefficient (Wildman–Crippen LogP) is 1.01. The van der Waals surface area contributed by atoms with Gasteiger partial charge in [0, 0.05) is 0 Å². The molecule has 0 aliphatic carbocycles. The number of carbonyl (C=O) groups excluding carboxylic acids is 1. The molecule has 1 rings (SSSR count). The molecular weight excluding hydrogens is 216 g/mol. The molecule has 0 radical (unpaired) electrons. The molecule has 0 amide bonds. The lowest BCUT2D eigenvalue weighted by molar-refractivity contribution is -0.144. The lowest BCUT2D eigenvalue weighted by atomic mass is 10.0. The molecule has 84 valence electrons. The van der Waals surface area contributed by atoms with Crippen LogP contribution in [0.4, 0.5) is 0 Å². The molecule has 0 aliphatic rings. The first kappa shape index (κ1) is 12.2. The zero-order chi connectivity index (χ0) is 11.4. The van der Waals surface area contributed by atoms with Crippen LogP contribution in [0.1, 0.15) is 23.7 Å². The quantitative estimate of drug-likeness (QED) is 0.758. The van der Waals surface area contributed by atoms with Gasteiger partial charge in [-0.15, -0.1) is 0 Å². The van der Waals surface area contributed by atoms with E-state index in [1.807, 2.05) is 12.3 Å². The number of hydrogen-bond donors (Lipinski definition) is 2. The number of rotatable bonds is 4. The molecule has 0 fully saturated rings. The van der Waals surface area contributed by atoms with Crippen LogP contribution < -0.4 is 0 Å². The van der Waals surface area contributed by atoms with Crippen LogP contribution in [0.2, 0.25) is 0 Å². The first-order chi connectivity index (χ1) is 7.06. The summed E-state index contributed by atoms with van der Waals surface area (Å²) in [5, 5.41) is 23.0. The van der Waals surface area contributed by atoms with Crippen LogP contribution in [0.25, 0.3) is 0 Å². The van der Waals surface area contributed by atoms with Crippen molar-refractivity contribution in [3.63, 3.8) is 0 Å². The van der Waals surface area contributed by atoms with Crippen molar-refractivity contribution in [1.29, 1.82) is 0 Å². The van der Waals surface area contributed by atoms with Crippen molar-refractivity contribution < 1.29 is 19.7 Å². The maximum absolute atomic E-state index is 10.9. The highest BCUT2D eigenvalue weighted by molar-refractivity contribution is 7.08. The average molecular weight is 230 g/mol. The summed E-state index contributed by atoms with van der Waals surface area (Å²) in [6.07, 6.45) is -2.35. The summed E-state index contributed by atoms with van der Waals surface area (Å²) < 4.78 is 4.41. The Balaban J connectivity index is 2.64. The molecule has 2 N–H and O–H groups in total. The van der Waals surface area contributed by atoms with Crippen LogP contribution in [0.5, 0.6) is 0 Å². The molecule has 2 atom stereocenters. The number of ether oxygens (including phenoxy) is 1. The van der Waals surface area contributed by atoms with Gasteiger partial charge in [0.2, 0.25) is 0 Å². The molecular formula is C10H14O4S. The summed E-state index contributed by atoms with van der Waals surface area (Å²) in [6, 6.07) is 0. The predicted molar refractivity (Wildman–Crippen MR) is 56.7 cm³/mol. The monoisotopic (exact) mass is 230 g/mol. The van der Waals surface area contributed by atoms with E-state index in [2.05, 4.69) is 4.74 Å². The van der Waals surface area contributed by atoms with E-state index in [1.165, 1.54) is 18.4 Å². The Bertz CT molecular complexity index is 334. The number of carbonyl (C=O) groups is 1. The first-order valence-electron chi connectivity index (χ1n) is 4.52. The Kier molecular flexibility index (Phi) is 4.26. The summed E-state index contributed by atoms with van der Waals surface area (Å²) in [5.74, 6) is -0.533. The second kappa shape index (κ2) is 5.25. The number of methoxy groups -OCH3 is 1. The molecule has 0 bridgehead atoms. The number of hydrogen-bond acceptors (Lipinski definition) is 5. The van der Waals surface area contributed by atoms with Gasteiger partial charge in [0.25, 0.3) is 0 Å². The van der Waals surface area contributed by atoms with Gasteiger partial charge in [0.05, 0.1) is 19.6 Å². The van der Waals surface area contributed by atoms with Gasteiger partial charge in [-0.25, -0.2) is 0 Å². The maximum Gasteiger partial charge on any atom is 0.308 e. The Morgan fingerprint density at radius 3 is 2.67 bits per heavy atom. The van der Waals surface area contributed by atoms with E-state index in [1.54, 1.807) is 5.38 Å². The number of thiophene rings is 1. The zero-order valence-electron chi connectivity index (χ0n) is 8.64. The van der Waals surface area contributed by atoms with Gasteiger partial charge in [-0.2, -0.15) is 11.3 Å². The summed E-state index contributed by atoms with van der Waals surface area (Å²) >= 11 is 1.45. The van der Waals surface area contributed by atoms with Crippen molar-refractivity contribution in [3.05, 3.63) is 21.9 Å². The van der Waals surface area contributed by atoms with Gasteiger partial charge in [-0.3, -0.25) is 4.79 Å². The van der Waals surface area contributed by atoms with E-state index in [-0.39, 0.29) is 6.42 Å². The van der Waals surface area contributed by atoms with E-state index in [0.29, 0.717) is 5.56 Å². The normalized spacial score (nSPS) is 14.7. The third-order valence-corrected chi connectivity index (χ3v) is 3.06. The summed E-state index contributed by atoms with van der Waals surface area (Å²) in [6.45, 7) is 1.85. The zero-order valence-corrected chi connectivity index (χ0v) is 9.45. The van der Waals surface area contributed by atoms with Crippen molar-refractivity contribution in [2.24, 2.45) is 0 Å². The lowest BCUT2D eigenvalue weighted by Crippen LogP contribution is -2.22. The number of aliphatic hydroxyl groups is 2. The Hall–Kier alpha value is -0.910. The highest BCUT2D eigenvalue weighted by Gasteiger charge is 2.23.